The molecule has 2 aliphatic rings. The second-order valence-electron chi connectivity index (χ2n) is 8.49. The number of pyridine rings is 1. The van der Waals surface area contributed by atoms with Gasteiger partial charge in [-0.25, -0.2) is 9.97 Å². The minimum Gasteiger partial charge on any atom is -0.331 e. The molecule has 1 saturated heterocycles. The normalized spacial score (nSPS) is 17.7. The van der Waals surface area contributed by atoms with Gasteiger partial charge in [0.2, 0.25) is 0 Å². The number of hydrogen-bond acceptors (Lipinski definition) is 5. The molecule has 5 rings (SSSR count). The number of rotatable bonds is 5. The fourth-order valence-corrected chi connectivity index (χ4v) is 4.68. The number of nitrogens with zero attached hydrogens (tertiary/aromatic N) is 6. The molecule has 0 radical (unpaired) electrons. The minimum absolute atomic E-state index is 0.0186. The summed E-state index contributed by atoms with van der Waals surface area (Å²) in [6, 6.07) is 5.38. The van der Waals surface area contributed by atoms with Crippen LogP contribution in [0, 0.1) is 5.92 Å². The zero-order valence-electron chi connectivity index (χ0n) is 17.3. The third kappa shape index (κ3) is 4.07. The van der Waals surface area contributed by atoms with E-state index in [0.717, 1.165) is 57.5 Å². The predicted octanol–water partition coefficient (Wildman–Crippen LogP) is 2.75. The summed E-state index contributed by atoms with van der Waals surface area (Å²) in [5.74, 6) is 1.78. The molecule has 5 heterocycles. The summed E-state index contributed by atoms with van der Waals surface area (Å²) in [6.07, 6.45) is 13.1. The number of aryl methyl sites for hydroxylation is 1. The summed E-state index contributed by atoms with van der Waals surface area (Å²) < 4.78 is 4.18. The second-order valence-corrected chi connectivity index (χ2v) is 8.49. The molecule has 0 aromatic carbocycles. The standard InChI is InChI=1S/C23H28N6O/c30-23-13-21(19-4-8-24-9-5-19)26-17-28(23)15-18-6-11-27(12-7-18)16-20-14-25-22-3-1-2-10-29(20)22/h4-5,8-9,13-14,17-18H,1-3,6-7,10-12,15-16H2. The average molecular weight is 405 g/mol. The van der Waals surface area contributed by atoms with Crippen molar-refractivity contribution in [2.24, 2.45) is 5.92 Å². The SMILES string of the molecule is O=c1cc(-c2ccncc2)ncn1CC1CCN(Cc2cnc3n2CCCC3)CC1. The van der Waals surface area contributed by atoms with E-state index in [1.165, 1.54) is 24.4 Å². The van der Waals surface area contributed by atoms with Crippen molar-refractivity contribution in [2.45, 2.75) is 51.7 Å². The molecule has 3 aromatic heterocycles. The van der Waals surface area contributed by atoms with Crippen LogP contribution in [0.15, 0.2) is 47.9 Å². The summed E-state index contributed by atoms with van der Waals surface area (Å²) in [4.78, 5) is 28.3. The van der Waals surface area contributed by atoms with Crippen molar-refractivity contribution in [3.63, 3.8) is 0 Å². The number of hydrogen-bond donors (Lipinski definition) is 0. The van der Waals surface area contributed by atoms with Crippen molar-refractivity contribution in [1.29, 1.82) is 0 Å². The lowest BCUT2D eigenvalue weighted by Gasteiger charge is -2.32. The van der Waals surface area contributed by atoms with Gasteiger partial charge in [0.25, 0.3) is 5.56 Å². The molecule has 7 nitrogen and oxygen atoms in total. The lowest BCUT2D eigenvalue weighted by atomic mass is 9.96. The van der Waals surface area contributed by atoms with E-state index in [4.69, 9.17) is 0 Å². The Bertz CT molecular complexity index is 1050. The van der Waals surface area contributed by atoms with Gasteiger partial charge < -0.3 is 4.57 Å². The van der Waals surface area contributed by atoms with Crippen molar-refractivity contribution >= 4 is 0 Å². The van der Waals surface area contributed by atoms with Crippen LogP contribution in [0.5, 0.6) is 0 Å². The van der Waals surface area contributed by atoms with E-state index in [0.29, 0.717) is 11.6 Å². The number of aromatic nitrogens is 5. The Balaban J connectivity index is 1.18. The summed E-state index contributed by atoms with van der Waals surface area (Å²) in [5, 5.41) is 0. The van der Waals surface area contributed by atoms with E-state index in [2.05, 4.69) is 30.6 Å². The topological polar surface area (TPSA) is 68.8 Å². The molecule has 1 fully saturated rings. The number of fused-ring (bicyclic) bond motifs is 1. The highest BCUT2D eigenvalue weighted by Crippen LogP contribution is 2.22. The van der Waals surface area contributed by atoms with Crippen LogP contribution in [0.2, 0.25) is 0 Å². The van der Waals surface area contributed by atoms with Gasteiger partial charge in [0.05, 0.1) is 17.7 Å². The highest BCUT2D eigenvalue weighted by molar-refractivity contribution is 5.57. The molecule has 30 heavy (non-hydrogen) atoms. The molecule has 7 heteroatoms. The van der Waals surface area contributed by atoms with Crippen LogP contribution in [0.25, 0.3) is 11.3 Å². The first-order valence-electron chi connectivity index (χ1n) is 11.0. The van der Waals surface area contributed by atoms with Crippen molar-refractivity contribution in [3.8, 4) is 11.3 Å². The molecule has 0 saturated carbocycles. The van der Waals surface area contributed by atoms with E-state index >= 15 is 0 Å². The highest BCUT2D eigenvalue weighted by Gasteiger charge is 2.22. The summed E-state index contributed by atoms with van der Waals surface area (Å²) in [7, 11) is 0. The molecule has 156 valence electrons. The number of likely N-dealkylation sites (tertiary alicyclic amines) is 1. The first kappa shape index (κ1) is 19.2. The van der Waals surface area contributed by atoms with Crippen LogP contribution in [-0.4, -0.2) is 42.1 Å². The molecule has 0 unspecified atom stereocenters. The molecule has 2 aliphatic heterocycles. The smallest absolute Gasteiger partial charge is 0.253 e. The molecule has 0 bridgehead atoms. The highest BCUT2D eigenvalue weighted by atomic mass is 16.1. The van der Waals surface area contributed by atoms with Crippen molar-refractivity contribution in [2.75, 3.05) is 13.1 Å². The van der Waals surface area contributed by atoms with Crippen LogP contribution >= 0.6 is 0 Å². The van der Waals surface area contributed by atoms with E-state index in [1.807, 2.05) is 12.1 Å². The zero-order chi connectivity index (χ0) is 20.3. The third-order valence-corrected chi connectivity index (χ3v) is 6.46. The van der Waals surface area contributed by atoms with Gasteiger partial charge in [-0.3, -0.25) is 19.2 Å². The van der Waals surface area contributed by atoms with Crippen LogP contribution in [0.4, 0.5) is 0 Å². The van der Waals surface area contributed by atoms with Gasteiger partial charge in [-0.15, -0.1) is 0 Å². The van der Waals surface area contributed by atoms with Gasteiger partial charge in [0.15, 0.2) is 0 Å². The molecular weight excluding hydrogens is 376 g/mol. The molecule has 0 spiro atoms. The van der Waals surface area contributed by atoms with Crippen LogP contribution < -0.4 is 5.56 Å². The molecule has 0 N–H and O–H groups in total. The van der Waals surface area contributed by atoms with Gasteiger partial charge >= 0.3 is 0 Å². The van der Waals surface area contributed by atoms with Gasteiger partial charge in [0.1, 0.15) is 5.82 Å². The van der Waals surface area contributed by atoms with Crippen molar-refractivity contribution in [3.05, 3.63) is 65.0 Å². The zero-order valence-corrected chi connectivity index (χ0v) is 17.3. The molecule has 0 amide bonds. The lowest BCUT2D eigenvalue weighted by Crippen LogP contribution is -2.36. The maximum absolute atomic E-state index is 12.6. The molecule has 0 atom stereocenters. The Kier molecular flexibility index (Phi) is 5.45. The van der Waals surface area contributed by atoms with Crippen LogP contribution in [-0.2, 0) is 26.1 Å². The van der Waals surface area contributed by atoms with Gasteiger partial charge in [0, 0.05) is 56.3 Å². The van der Waals surface area contributed by atoms with Crippen molar-refractivity contribution in [1.82, 2.24) is 29.0 Å². The van der Waals surface area contributed by atoms with Crippen LogP contribution in [0.3, 0.4) is 0 Å². The van der Waals surface area contributed by atoms with E-state index in [9.17, 15) is 4.79 Å². The second kappa shape index (κ2) is 8.52. The van der Waals surface area contributed by atoms with Gasteiger partial charge in [-0.2, -0.15) is 0 Å². The Morgan fingerprint density at radius 2 is 1.87 bits per heavy atom. The number of piperidine rings is 1. The number of imidazole rings is 1. The fraction of sp³-hybridized carbons (Fsp3) is 0.478. The summed E-state index contributed by atoms with van der Waals surface area (Å²) in [6.45, 7) is 5.00. The van der Waals surface area contributed by atoms with E-state index in [1.54, 1.807) is 29.4 Å². The third-order valence-electron chi connectivity index (χ3n) is 6.46. The molecular formula is C23H28N6O. The fourth-order valence-electron chi connectivity index (χ4n) is 4.68. The molecule has 3 aromatic rings. The summed E-state index contributed by atoms with van der Waals surface area (Å²) >= 11 is 0. The van der Waals surface area contributed by atoms with Crippen molar-refractivity contribution < 1.29 is 0 Å². The van der Waals surface area contributed by atoms with E-state index in [-0.39, 0.29) is 5.56 Å². The first-order chi connectivity index (χ1) is 14.8. The maximum atomic E-state index is 12.6. The van der Waals surface area contributed by atoms with Crippen LogP contribution in [0.1, 0.15) is 37.2 Å². The largest absolute Gasteiger partial charge is 0.331 e. The minimum atomic E-state index is 0.0186. The Morgan fingerprint density at radius 3 is 2.67 bits per heavy atom. The summed E-state index contributed by atoms with van der Waals surface area (Å²) in [5.41, 5.74) is 3.00. The quantitative estimate of drug-likeness (QED) is 0.654. The first-order valence-corrected chi connectivity index (χ1v) is 11.0. The average Bonchev–Trinajstić information content (AvgIpc) is 3.20. The Hall–Kier alpha value is -2.80. The predicted molar refractivity (Wildman–Crippen MR) is 115 cm³/mol. The van der Waals surface area contributed by atoms with Gasteiger partial charge in [-0.1, -0.05) is 0 Å². The Labute approximate surface area is 176 Å². The Morgan fingerprint density at radius 1 is 1.03 bits per heavy atom. The van der Waals surface area contributed by atoms with E-state index < -0.39 is 0 Å². The maximum Gasteiger partial charge on any atom is 0.253 e. The van der Waals surface area contributed by atoms with Gasteiger partial charge in [-0.05, 0) is 56.8 Å². The monoisotopic (exact) mass is 404 g/mol. The lowest BCUT2D eigenvalue weighted by molar-refractivity contribution is 0.162. The molecule has 0 aliphatic carbocycles.